The molecular formula is C27H19NO2. The maximum atomic E-state index is 13.5. The zero-order valence-electron chi connectivity index (χ0n) is 16.5. The molecule has 0 spiro atoms. The van der Waals surface area contributed by atoms with Gasteiger partial charge in [0, 0.05) is 16.7 Å². The number of ketones is 1. The first-order valence-corrected chi connectivity index (χ1v) is 9.86. The summed E-state index contributed by atoms with van der Waals surface area (Å²) >= 11 is 0. The molecule has 3 heteroatoms. The van der Waals surface area contributed by atoms with Gasteiger partial charge in [0.05, 0.1) is 16.7 Å². The van der Waals surface area contributed by atoms with Crippen molar-refractivity contribution in [3.63, 3.8) is 0 Å². The Morgan fingerprint density at radius 2 is 1.53 bits per heavy atom. The highest BCUT2D eigenvalue weighted by Gasteiger charge is 2.22. The first-order valence-electron chi connectivity index (χ1n) is 9.86. The molecule has 3 nitrogen and oxygen atoms in total. The van der Waals surface area contributed by atoms with Crippen LogP contribution < -0.4 is 0 Å². The molecule has 0 radical (unpaired) electrons. The largest absolute Gasteiger partial charge is 0.308 e. The first-order chi connectivity index (χ1) is 14.7. The minimum atomic E-state index is -0.0898. The second-order valence-electron chi connectivity index (χ2n) is 7.46. The van der Waals surface area contributed by atoms with Crippen molar-refractivity contribution in [1.29, 1.82) is 0 Å². The maximum Gasteiger partial charge on any atom is 0.195 e. The number of aromatic nitrogens is 1. The molecule has 0 atom stereocenters. The highest BCUT2D eigenvalue weighted by molar-refractivity contribution is 6.17. The Labute approximate surface area is 174 Å². The lowest BCUT2D eigenvalue weighted by Crippen LogP contribution is -2.03. The van der Waals surface area contributed by atoms with E-state index in [1.165, 1.54) is 0 Å². The second-order valence-corrected chi connectivity index (χ2v) is 7.46. The third-order valence-electron chi connectivity index (χ3n) is 5.52. The summed E-state index contributed by atoms with van der Waals surface area (Å²) in [5, 5.41) is 0.953. The molecular weight excluding hydrogens is 370 g/mol. The number of para-hydroxylation sites is 1. The highest BCUT2D eigenvalue weighted by atomic mass is 16.1. The number of aldehydes is 1. The predicted molar refractivity (Wildman–Crippen MR) is 120 cm³/mol. The summed E-state index contributed by atoms with van der Waals surface area (Å²) in [7, 11) is 0. The Morgan fingerprint density at radius 3 is 2.27 bits per heavy atom. The van der Waals surface area contributed by atoms with Crippen molar-refractivity contribution in [3.05, 3.63) is 113 Å². The van der Waals surface area contributed by atoms with Crippen LogP contribution in [0.1, 0.15) is 31.8 Å². The van der Waals surface area contributed by atoms with E-state index in [0.717, 1.165) is 34.0 Å². The molecule has 0 aliphatic heterocycles. The average molecular weight is 389 g/mol. The lowest BCUT2D eigenvalue weighted by atomic mass is 10.0. The SMILES string of the molecule is Cc1ccc(C(=O)c2cc(-c3ccccc3)n3c2c(C=O)cc2ccccc23)cc1. The van der Waals surface area contributed by atoms with E-state index in [4.69, 9.17) is 0 Å². The van der Waals surface area contributed by atoms with Crippen molar-refractivity contribution >= 4 is 28.5 Å². The lowest BCUT2D eigenvalue weighted by Gasteiger charge is -2.10. The zero-order valence-corrected chi connectivity index (χ0v) is 16.5. The molecule has 0 saturated heterocycles. The molecule has 2 heterocycles. The first kappa shape index (κ1) is 18.1. The quantitative estimate of drug-likeness (QED) is 0.275. The molecule has 0 N–H and O–H groups in total. The van der Waals surface area contributed by atoms with E-state index >= 15 is 0 Å². The molecule has 0 amide bonds. The summed E-state index contributed by atoms with van der Waals surface area (Å²) in [6.45, 7) is 1.99. The summed E-state index contributed by atoms with van der Waals surface area (Å²) in [6, 6.07) is 29.2. The van der Waals surface area contributed by atoms with Gasteiger partial charge in [0.2, 0.25) is 0 Å². The smallest absolute Gasteiger partial charge is 0.195 e. The standard InChI is InChI=1S/C27H19NO2/c1-18-11-13-20(14-12-18)27(30)23-16-25(19-7-3-2-4-8-19)28-24-10-6-5-9-21(24)15-22(17-29)26(23)28/h2-17H,1H3. The van der Waals surface area contributed by atoms with Crippen LogP contribution in [0.2, 0.25) is 0 Å². The highest BCUT2D eigenvalue weighted by Crippen LogP contribution is 2.33. The van der Waals surface area contributed by atoms with Gasteiger partial charge in [-0.1, -0.05) is 78.4 Å². The van der Waals surface area contributed by atoms with Gasteiger partial charge < -0.3 is 4.40 Å². The monoisotopic (exact) mass is 389 g/mol. The van der Waals surface area contributed by atoms with Crippen molar-refractivity contribution in [1.82, 2.24) is 4.40 Å². The molecule has 0 aliphatic carbocycles. The van der Waals surface area contributed by atoms with Crippen molar-refractivity contribution in [2.75, 3.05) is 0 Å². The number of nitrogens with zero attached hydrogens (tertiary/aromatic N) is 1. The van der Waals surface area contributed by atoms with Crippen LogP contribution in [0.3, 0.4) is 0 Å². The number of aryl methyl sites for hydroxylation is 1. The summed E-state index contributed by atoms with van der Waals surface area (Å²) in [5.74, 6) is -0.0898. The van der Waals surface area contributed by atoms with E-state index in [1.807, 2.05) is 102 Å². The zero-order chi connectivity index (χ0) is 20.7. The number of hydrogen-bond donors (Lipinski definition) is 0. The maximum absolute atomic E-state index is 13.5. The van der Waals surface area contributed by atoms with Gasteiger partial charge in [-0.25, -0.2) is 0 Å². The summed E-state index contributed by atoms with van der Waals surface area (Å²) in [4.78, 5) is 25.5. The Balaban J connectivity index is 1.90. The van der Waals surface area contributed by atoms with E-state index < -0.39 is 0 Å². The Hall–Kier alpha value is -3.98. The lowest BCUT2D eigenvalue weighted by molar-refractivity contribution is 0.104. The molecule has 30 heavy (non-hydrogen) atoms. The van der Waals surface area contributed by atoms with Gasteiger partial charge in [0.1, 0.15) is 0 Å². The molecule has 0 bridgehead atoms. The number of pyridine rings is 1. The number of benzene rings is 3. The number of rotatable bonds is 4. The summed E-state index contributed by atoms with van der Waals surface area (Å²) < 4.78 is 2.04. The van der Waals surface area contributed by atoms with Gasteiger partial charge in [-0.05, 0) is 36.1 Å². The van der Waals surface area contributed by atoms with Gasteiger partial charge >= 0.3 is 0 Å². The molecule has 2 aromatic heterocycles. The van der Waals surface area contributed by atoms with Gasteiger partial charge in [0.15, 0.2) is 12.1 Å². The molecule has 5 rings (SSSR count). The van der Waals surface area contributed by atoms with Crippen molar-refractivity contribution in [3.8, 4) is 11.3 Å². The van der Waals surface area contributed by atoms with Gasteiger partial charge in [0.25, 0.3) is 0 Å². The fraction of sp³-hybridized carbons (Fsp3) is 0.0370. The third kappa shape index (κ3) is 2.83. The Bertz CT molecular complexity index is 1410. The van der Waals surface area contributed by atoms with Crippen molar-refractivity contribution in [2.45, 2.75) is 6.92 Å². The number of hydrogen-bond acceptors (Lipinski definition) is 2. The second kappa shape index (κ2) is 7.12. The molecule has 0 aliphatic rings. The molecule has 3 aromatic carbocycles. The Kier molecular flexibility index (Phi) is 4.29. The van der Waals surface area contributed by atoms with Crippen LogP contribution in [-0.4, -0.2) is 16.5 Å². The van der Waals surface area contributed by atoms with Gasteiger partial charge in [-0.15, -0.1) is 0 Å². The minimum absolute atomic E-state index is 0.0898. The van der Waals surface area contributed by atoms with Crippen LogP contribution in [0.5, 0.6) is 0 Å². The van der Waals surface area contributed by atoms with E-state index in [2.05, 4.69) is 0 Å². The van der Waals surface area contributed by atoms with E-state index in [0.29, 0.717) is 22.2 Å². The average Bonchev–Trinajstić information content (AvgIpc) is 3.20. The summed E-state index contributed by atoms with van der Waals surface area (Å²) in [6.07, 6.45) is 0.836. The van der Waals surface area contributed by atoms with Crippen molar-refractivity contribution in [2.24, 2.45) is 0 Å². The van der Waals surface area contributed by atoms with Crippen molar-refractivity contribution < 1.29 is 9.59 Å². The number of fused-ring (bicyclic) bond motifs is 3. The van der Waals surface area contributed by atoms with Gasteiger partial charge in [-0.2, -0.15) is 0 Å². The fourth-order valence-corrected chi connectivity index (χ4v) is 4.04. The van der Waals surface area contributed by atoms with Crippen LogP contribution in [0.25, 0.3) is 27.7 Å². The minimum Gasteiger partial charge on any atom is -0.308 e. The van der Waals surface area contributed by atoms with E-state index in [-0.39, 0.29) is 5.78 Å². The molecule has 0 saturated carbocycles. The summed E-state index contributed by atoms with van der Waals surface area (Å²) in [5.41, 5.74) is 6.23. The third-order valence-corrected chi connectivity index (χ3v) is 5.52. The molecule has 0 unspecified atom stereocenters. The number of carbonyl (C=O) groups is 2. The van der Waals surface area contributed by atoms with Crippen LogP contribution >= 0.6 is 0 Å². The molecule has 0 fully saturated rings. The molecule has 144 valence electrons. The Morgan fingerprint density at radius 1 is 0.833 bits per heavy atom. The van der Waals surface area contributed by atoms with E-state index in [9.17, 15) is 9.59 Å². The molecule has 5 aromatic rings. The van der Waals surface area contributed by atoms with Crippen LogP contribution in [-0.2, 0) is 0 Å². The topological polar surface area (TPSA) is 38.5 Å². The number of carbonyl (C=O) groups excluding carboxylic acids is 2. The van der Waals surface area contributed by atoms with E-state index in [1.54, 1.807) is 0 Å². The predicted octanol–water partition coefficient (Wildman–Crippen LogP) is 6.11. The fourth-order valence-electron chi connectivity index (χ4n) is 4.04. The van der Waals surface area contributed by atoms with Crippen LogP contribution in [0.4, 0.5) is 0 Å². The van der Waals surface area contributed by atoms with Gasteiger partial charge in [-0.3, -0.25) is 9.59 Å². The normalized spacial score (nSPS) is 11.1. The van der Waals surface area contributed by atoms with Crippen LogP contribution in [0.15, 0.2) is 91.0 Å². The van der Waals surface area contributed by atoms with Crippen LogP contribution in [0, 0.1) is 6.92 Å².